The number of carboxylic acid groups (broad SMARTS) is 1. The van der Waals surface area contributed by atoms with Crippen LogP contribution >= 0.6 is 11.6 Å². The molecule has 0 radical (unpaired) electrons. The Morgan fingerprint density at radius 3 is 2.60 bits per heavy atom. The molecule has 0 saturated heterocycles. The van der Waals surface area contributed by atoms with Gasteiger partial charge in [0.1, 0.15) is 0 Å². The highest BCUT2D eigenvalue weighted by Gasteiger charge is 2.15. The molecule has 7 nitrogen and oxygen atoms in total. The Morgan fingerprint density at radius 2 is 1.96 bits per heavy atom. The molecule has 8 heteroatoms. The molecule has 3 N–H and O–H groups in total. The second-order valence-corrected chi connectivity index (χ2v) is 5.26. The first-order valence-corrected chi connectivity index (χ1v) is 7.55. The molecule has 0 aliphatic rings. The van der Waals surface area contributed by atoms with Crippen LogP contribution in [0.5, 0.6) is 0 Å². The van der Waals surface area contributed by atoms with Gasteiger partial charge in [0.25, 0.3) is 12.4 Å². The zero-order valence-electron chi connectivity index (χ0n) is 13.2. The largest absolute Gasteiger partial charge is 0.483 e. The monoisotopic (exact) mass is 358 g/mol. The molecule has 3 aromatic rings. The molecule has 25 heavy (non-hydrogen) atoms. The lowest BCUT2D eigenvalue weighted by molar-refractivity contribution is -0.122. The molecule has 0 spiro atoms. The lowest BCUT2D eigenvalue weighted by atomic mass is 10.1. The third kappa shape index (κ3) is 4.42. The number of aromatic amines is 1. The van der Waals surface area contributed by atoms with Gasteiger partial charge < -0.3 is 10.4 Å². The molecule has 0 saturated carbocycles. The summed E-state index contributed by atoms with van der Waals surface area (Å²) in [6, 6.07) is 11.4. The Balaban J connectivity index is 0.000000701. The highest BCUT2D eigenvalue weighted by Crippen LogP contribution is 2.26. The van der Waals surface area contributed by atoms with Gasteiger partial charge in [-0.2, -0.15) is 5.10 Å². The van der Waals surface area contributed by atoms with E-state index < -0.39 is 0 Å². The van der Waals surface area contributed by atoms with Gasteiger partial charge in [0.15, 0.2) is 5.82 Å². The molecule has 128 valence electrons. The van der Waals surface area contributed by atoms with E-state index in [2.05, 4.69) is 20.5 Å². The van der Waals surface area contributed by atoms with E-state index in [1.807, 2.05) is 37.3 Å². The Bertz CT molecular complexity index is 865. The summed E-state index contributed by atoms with van der Waals surface area (Å²) in [5, 5.41) is 17.1. The van der Waals surface area contributed by atoms with Crippen LogP contribution in [0.2, 0.25) is 5.02 Å². The van der Waals surface area contributed by atoms with E-state index in [0.717, 1.165) is 16.8 Å². The molecule has 2 heterocycles. The van der Waals surface area contributed by atoms with E-state index in [4.69, 9.17) is 21.5 Å². The second kappa shape index (κ2) is 8.60. The summed E-state index contributed by atoms with van der Waals surface area (Å²) >= 11 is 5.97. The molecule has 0 aliphatic carbocycles. The lowest BCUT2D eigenvalue weighted by Gasteiger charge is -2.05. The summed E-state index contributed by atoms with van der Waals surface area (Å²) in [6.45, 7) is 1.65. The van der Waals surface area contributed by atoms with Gasteiger partial charge in [0.2, 0.25) is 0 Å². The maximum atomic E-state index is 12.3. The van der Waals surface area contributed by atoms with Crippen molar-refractivity contribution in [1.82, 2.24) is 15.2 Å². The van der Waals surface area contributed by atoms with Crippen LogP contribution in [-0.4, -0.2) is 32.7 Å². The molecule has 0 fully saturated rings. The molecular weight excluding hydrogens is 344 g/mol. The van der Waals surface area contributed by atoms with Crippen molar-refractivity contribution in [2.24, 2.45) is 0 Å². The number of carbonyl (C=O) groups is 2. The fraction of sp³-hybridized carbons (Fsp3) is 0.0588. The van der Waals surface area contributed by atoms with E-state index in [0.29, 0.717) is 16.4 Å². The average molecular weight is 359 g/mol. The highest BCUT2D eigenvalue weighted by atomic mass is 35.5. The van der Waals surface area contributed by atoms with Crippen molar-refractivity contribution < 1.29 is 14.7 Å². The van der Waals surface area contributed by atoms with Crippen molar-refractivity contribution in [3.8, 4) is 11.3 Å². The smallest absolute Gasteiger partial charge is 0.290 e. The van der Waals surface area contributed by atoms with Crippen LogP contribution < -0.4 is 5.32 Å². The SMILES string of the molecule is Cc1c(NC(=O)c2ccncc2Cl)n[nH]c1-c1ccccc1.O=CO. The molecule has 1 aromatic carbocycles. The molecule has 2 aromatic heterocycles. The molecular formula is C17H15ClN4O3. The predicted octanol–water partition coefficient (Wildman–Crippen LogP) is 3.39. The number of aromatic nitrogens is 3. The van der Waals surface area contributed by atoms with E-state index >= 15 is 0 Å². The number of rotatable bonds is 3. The first-order chi connectivity index (χ1) is 12.1. The number of halogens is 1. The topological polar surface area (TPSA) is 108 Å². The fourth-order valence-electron chi connectivity index (χ4n) is 2.14. The van der Waals surface area contributed by atoms with Crippen LogP contribution in [0.25, 0.3) is 11.3 Å². The standard InChI is InChI=1S/C16H13ClN4O.CH2O2/c1-10-14(11-5-3-2-4-6-11)20-21-15(10)19-16(22)12-7-8-18-9-13(12)17;2-1-3/h2-9H,1H3,(H2,19,20,21,22);1H,(H,2,3). The number of H-pyrrole nitrogens is 1. The number of nitrogens with one attached hydrogen (secondary N) is 2. The number of hydrogen-bond acceptors (Lipinski definition) is 4. The van der Waals surface area contributed by atoms with Crippen LogP contribution in [0.3, 0.4) is 0 Å². The molecule has 0 atom stereocenters. The van der Waals surface area contributed by atoms with Gasteiger partial charge in [0, 0.05) is 18.0 Å². The Morgan fingerprint density at radius 1 is 1.28 bits per heavy atom. The Hall–Kier alpha value is -3.19. The van der Waals surface area contributed by atoms with Crippen molar-refractivity contribution in [2.75, 3.05) is 5.32 Å². The number of nitrogens with zero attached hydrogens (tertiary/aromatic N) is 2. The van der Waals surface area contributed by atoms with Gasteiger partial charge in [-0.15, -0.1) is 0 Å². The quantitative estimate of drug-likeness (QED) is 0.622. The summed E-state index contributed by atoms with van der Waals surface area (Å²) in [5.41, 5.74) is 3.11. The van der Waals surface area contributed by atoms with Crippen LogP contribution in [0.1, 0.15) is 15.9 Å². The Labute approximate surface area is 148 Å². The summed E-state index contributed by atoms with van der Waals surface area (Å²) < 4.78 is 0. The minimum atomic E-state index is -0.318. The van der Waals surface area contributed by atoms with Crippen LogP contribution in [0, 0.1) is 6.92 Å². The third-order valence-corrected chi connectivity index (χ3v) is 3.62. The maximum absolute atomic E-state index is 12.3. The molecule has 0 bridgehead atoms. The zero-order chi connectivity index (χ0) is 18.2. The third-order valence-electron chi connectivity index (χ3n) is 3.32. The number of benzene rings is 1. The molecule has 3 rings (SSSR count). The number of amides is 1. The van der Waals surface area contributed by atoms with E-state index in [-0.39, 0.29) is 12.4 Å². The van der Waals surface area contributed by atoms with Crippen LogP contribution in [0.4, 0.5) is 5.82 Å². The fourth-order valence-corrected chi connectivity index (χ4v) is 2.34. The van der Waals surface area contributed by atoms with Crippen molar-refractivity contribution in [3.05, 3.63) is 64.9 Å². The van der Waals surface area contributed by atoms with Crippen molar-refractivity contribution >= 4 is 29.8 Å². The van der Waals surface area contributed by atoms with Gasteiger partial charge in [0.05, 0.1) is 16.3 Å². The van der Waals surface area contributed by atoms with Gasteiger partial charge in [-0.3, -0.25) is 19.7 Å². The first-order valence-electron chi connectivity index (χ1n) is 7.17. The van der Waals surface area contributed by atoms with Crippen molar-refractivity contribution in [2.45, 2.75) is 6.92 Å². The lowest BCUT2D eigenvalue weighted by Crippen LogP contribution is -2.13. The minimum absolute atomic E-state index is 0.250. The van der Waals surface area contributed by atoms with Gasteiger partial charge in [-0.05, 0) is 18.6 Å². The van der Waals surface area contributed by atoms with Crippen LogP contribution in [-0.2, 0) is 4.79 Å². The van der Waals surface area contributed by atoms with Crippen LogP contribution in [0.15, 0.2) is 48.8 Å². The molecule has 0 aliphatic heterocycles. The van der Waals surface area contributed by atoms with Gasteiger partial charge in [-0.1, -0.05) is 41.9 Å². The molecule has 0 unspecified atom stereocenters. The summed E-state index contributed by atoms with van der Waals surface area (Å²) in [7, 11) is 0. The molecule has 1 amide bonds. The number of anilines is 1. The summed E-state index contributed by atoms with van der Waals surface area (Å²) in [4.78, 5) is 24.5. The second-order valence-electron chi connectivity index (χ2n) is 4.85. The normalized spacial score (nSPS) is 9.68. The average Bonchev–Trinajstić information content (AvgIpc) is 2.97. The number of carbonyl (C=O) groups excluding carboxylic acids is 1. The number of pyridine rings is 1. The van der Waals surface area contributed by atoms with Gasteiger partial charge >= 0.3 is 0 Å². The highest BCUT2D eigenvalue weighted by molar-refractivity contribution is 6.34. The van der Waals surface area contributed by atoms with E-state index in [1.165, 1.54) is 12.4 Å². The first kappa shape index (κ1) is 18.2. The van der Waals surface area contributed by atoms with E-state index in [9.17, 15) is 4.79 Å². The number of hydrogen-bond donors (Lipinski definition) is 3. The Kier molecular flexibility index (Phi) is 6.25. The minimum Gasteiger partial charge on any atom is -0.483 e. The van der Waals surface area contributed by atoms with E-state index in [1.54, 1.807) is 6.07 Å². The van der Waals surface area contributed by atoms with Gasteiger partial charge in [-0.25, -0.2) is 0 Å². The summed E-state index contributed by atoms with van der Waals surface area (Å²) in [6.07, 6.45) is 2.96. The zero-order valence-corrected chi connectivity index (χ0v) is 14.0. The predicted molar refractivity (Wildman–Crippen MR) is 94.7 cm³/mol. The van der Waals surface area contributed by atoms with Crippen molar-refractivity contribution in [1.29, 1.82) is 0 Å². The summed E-state index contributed by atoms with van der Waals surface area (Å²) in [5.74, 6) is 0.165. The van der Waals surface area contributed by atoms with Crippen molar-refractivity contribution in [3.63, 3.8) is 0 Å². The maximum Gasteiger partial charge on any atom is 0.290 e.